The molecule has 1 amide bonds. The minimum atomic E-state index is -3.45. The van der Waals surface area contributed by atoms with Gasteiger partial charge in [-0.1, -0.05) is 49.7 Å². The molecular formula is C25H31ClN6O3S. The third-order valence-electron chi connectivity index (χ3n) is 6.24. The van der Waals surface area contributed by atoms with E-state index in [1.807, 2.05) is 38.1 Å². The Balaban J connectivity index is 1.46. The summed E-state index contributed by atoms with van der Waals surface area (Å²) in [6, 6.07) is 14.0. The largest absolute Gasteiger partial charge is 0.368 e. The van der Waals surface area contributed by atoms with Gasteiger partial charge in [0.25, 0.3) is 0 Å². The Morgan fingerprint density at radius 2 is 1.81 bits per heavy atom. The van der Waals surface area contributed by atoms with E-state index in [1.54, 1.807) is 24.3 Å². The van der Waals surface area contributed by atoms with E-state index in [1.165, 1.54) is 4.31 Å². The third-order valence-corrected chi connectivity index (χ3v) is 8.33. The molecule has 1 saturated heterocycles. The van der Waals surface area contributed by atoms with E-state index in [0.717, 1.165) is 10.9 Å². The van der Waals surface area contributed by atoms with Crippen molar-refractivity contribution >= 4 is 44.3 Å². The van der Waals surface area contributed by atoms with Gasteiger partial charge in [-0.05, 0) is 35.7 Å². The minimum absolute atomic E-state index is 0.0124. The van der Waals surface area contributed by atoms with E-state index in [0.29, 0.717) is 55.0 Å². The van der Waals surface area contributed by atoms with Crippen molar-refractivity contribution in [2.75, 3.05) is 31.5 Å². The molecule has 0 saturated carbocycles. The number of carbonyl (C=O) groups is 1. The van der Waals surface area contributed by atoms with Crippen molar-refractivity contribution in [1.82, 2.24) is 19.2 Å². The number of hydrogen-bond acceptors (Lipinski definition) is 7. The van der Waals surface area contributed by atoms with Crippen LogP contribution in [0.3, 0.4) is 0 Å². The normalized spacial score (nSPS) is 16.3. The molecule has 192 valence electrons. The molecule has 1 atom stereocenters. The van der Waals surface area contributed by atoms with Crippen LogP contribution >= 0.6 is 11.6 Å². The minimum Gasteiger partial charge on any atom is -0.368 e. The number of rotatable bonds is 9. The summed E-state index contributed by atoms with van der Waals surface area (Å²) < 4.78 is 27.4. The number of piperazine rings is 1. The van der Waals surface area contributed by atoms with Gasteiger partial charge in [-0.3, -0.25) is 9.69 Å². The molecule has 11 heteroatoms. The van der Waals surface area contributed by atoms with Crippen molar-refractivity contribution in [3.05, 3.63) is 64.9 Å². The predicted octanol–water partition coefficient (Wildman–Crippen LogP) is 2.85. The molecule has 1 aliphatic rings. The SMILES string of the molecule is CC(C)[C@H](Nc1nc(CN2CCN(S(=O)(=O)Cc3cccc(Cl)c3)CC2)nc2ccccc12)C(N)=O. The molecule has 3 N–H and O–H groups in total. The van der Waals surface area contributed by atoms with Crippen LogP contribution in [-0.4, -0.2) is 65.7 Å². The first kappa shape index (κ1) is 26.3. The highest BCUT2D eigenvalue weighted by Crippen LogP contribution is 2.23. The number of sulfonamides is 1. The molecule has 0 spiro atoms. The monoisotopic (exact) mass is 530 g/mol. The van der Waals surface area contributed by atoms with Gasteiger partial charge in [0.05, 0.1) is 17.8 Å². The van der Waals surface area contributed by atoms with Crippen LogP contribution < -0.4 is 11.1 Å². The Morgan fingerprint density at radius 1 is 1.08 bits per heavy atom. The molecule has 0 aliphatic carbocycles. The lowest BCUT2D eigenvalue weighted by Gasteiger charge is -2.33. The number of fused-ring (bicyclic) bond motifs is 1. The van der Waals surface area contributed by atoms with E-state index >= 15 is 0 Å². The van der Waals surface area contributed by atoms with Crippen LogP contribution in [0, 0.1) is 5.92 Å². The zero-order valence-electron chi connectivity index (χ0n) is 20.4. The molecule has 0 bridgehead atoms. The van der Waals surface area contributed by atoms with Crippen molar-refractivity contribution in [1.29, 1.82) is 0 Å². The summed E-state index contributed by atoms with van der Waals surface area (Å²) in [6.07, 6.45) is 0. The number of anilines is 1. The Hall–Kier alpha value is -2.79. The number of amides is 1. The number of para-hydroxylation sites is 1. The van der Waals surface area contributed by atoms with Gasteiger partial charge in [-0.25, -0.2) is 18.4 Å². The highest BCUT2D eigenvalue weighted by atomic mass is 35.5. The van der Waals surface area contributed by atoms with Crippen LogP contribution in [0.25, 0.3) is 10.9 Å². The lowest BCUT2D eigenvalue weighted by Crippen LogP contribution is -2.48. The molecule has 0 unspecified atom stereocenters. The number of halogens is 1. The first-order chi connectivity index (χ1) is 17.1. The lowest BCUT2D eigenvalue weighted by atomic mass is 10.0. The van der Waals surface area contributed by atoms with Gasteiger partial charge in [0, 0.05) is 36.6 Å². The van der Waals surface area contributed by atoms with Crippen molar-refractivity contribution in [3.8, 4) is 0 Å². The number of benzene rings is 2. The molecule has 9 nitrogen and oxygen atoms in total. The quantitative estimate of drug-likeness (QED) is 0.436. The molecule has 1 aliphatic heterocycles. The van der Waals surface area contributed by atoms with E-state index in [4.69, 9.17) is 27.3 Å². The molecule has 2 heterocycles. The van der Waals surface area contributed by atoms with Gasteiger partial charge in [-0.15, -0.1) is 0 Å². The van der Waals surface area contributed by atoms with Gasteiger partial charge >= 0.3 is 0 Å². The summed E-state index contributed by atoms with van der Waals surface area (Å²) in [6.45, 7) is 6.20. The average Bonchev–Trinajstić information content (AvgIpc) is 2.82. The fourth-order valence-electron chi connectivity index (χ4n) is 4.31. The smallest absolute Gasteiger partial charge is 0.240 e. The van der Waals surface area contributed by atoms with E-state index < -0.39 is 22.0 Å². The average molecular weight is 531 g/mol. The second kappa shape index (κ2) is 11.1. The van der Waals surface area contributed by atoms with Crippen molar-refractivity contribution < 1.29 is 13.2 Å². The standard InChI is InChI=1S/C25H31ClN6O3S/c1-17(2)23(24(27)33)30-25-20-8-3-4-9-21(20)28-22(29-25)15-31-10-12-32(13-11-31)36(34,35)16-18-6-5-7-19(26)14-18/h3-9,14,17,23H,10-13,15-16H2,1-2H3,(H2,27,33)(H,28,29,30)/t23-/m0/s1. The number of primary amides is 1. The van der Waals surface area contributed by atoms with Gasteiger partial charge < -0.3 is 11.1 Å². The maximum absolute atomic E-state index is 12.9. The lowest BCUT2D eigenvalue weighted by molar-refractivity contribution is -0.119. The highest BCUT2D eigenvalue weighted by molar-refractivity contribution is 7.88. The number of carbonyl (C=O) groups excluding carboxylic acids is 1. The van der Waals surface area contributed by atoms with E-state index in [2.05, 4.69) is 10.2 Å². The number of nitrogens with one attached hydrogen (secondary N) is 1. The van der Waals surface area contributed by atoms with Crippen molar-refractivity contribution in [2.45, 2.75) is 32.2 Å². The number of nitrogens with two attached hydrogens (primary N) is 1. The molecule has 1 fully saturated rings. The Kier molecular flexibility index (Phi) is 8.09. The topological polar surface area (TPSA) is 122 Å². The summed E-state index contributed by atoms with van der Waals surface area (Å²) >= 11 is 6.01. The first-order valence-electron chi connectivity index (χ1n) is 11.9. The third kappa shape index (κ3) is 6.31. The van der Waals surface area contributed by atoms with E-state index in [-0.39, 0.29) is 11.7 Å². The summed E-state index contributed by atoms with van der Waals surface area (Å²) in [5, 5.41) is 4.54. The number of nitrogens with zero attached hydrogens (tertiary/aromatic N) is 4. The summed E-state index contributed by atoms with van der Waals surface area (Å²) in [5.74, 6) is 0.632. The molecular weight excluding hydrogens is 500 g/mol. The maximum atomic E-state index is 12.9. The molecule has 1 aromatic heterocycles. The second-order valence-electron chi connectivity index (χ2n) is 9.34. The zero-order chi connectivity index (χ0) is 25.9. The zero-order valence-corrected chi connectivity index (χ0v) is 22.0. The molecule has 4 rings (SSSR count). The fraction of sp³-hybridized carbons (Fsp3) is 0.400. The van der Waals surface area contributed by atoms with Crippen molar-refractivity contribution in [3.63, 3.8) is 0 Å². The van der Waals surface area contributed by atoms with Gasteiger partial charge in [0.2, 0.25) is 15.9 Å². The van der Waals surface area contributed by atoms with E-state index in [9.17, 15) is 13.2 Å². The predicted molar refractivity (Wildman–Crippen MR) is 142 cm³/mol. The van der Waals surface area contributed by atoms with Crippen LogP contribution in [0.5, 0.6) is 0 Å². The fourth-order valence-corrected chi connectivity index (χ4v) is 6.03. The molecule has 3 aromatic rings. The Labute approximate surface area is 216 Å². The summed E-state index contributed by atoms with van der Waals surface area (Å²) in [4.78, 5) is 23.5. The van der Waals surface area contributed by atoms with Crippen LogP contribution in [0.4, 0.5) is 5.82 Å². The first-order valence-corrected chi connectivity index (χ1v) is 13.9. The van der Waals surface area contributed by atoms with Gasteiger partial charge in [0.1, 0.15) is 17.7 Å². The summed E-state index contributed by atoms with van der Waals surface area (Å²) in [5.41, 5.74) is 7.04. The number of aromatic nitrogens is 2. The second-order valence-corrected chi connectivity index (χ2v) is 11.7. The van der Waals surface area contributed by atoms with Gasteiger partial charge in [0.15, 0.2) is 0 Å². The Bertz CT molecular complexity index is 1340. The summed E-state index contributed by atoms with van der Waals surface area (Å²) in [7, 11) is -3.45. The van der Waals surface area contributed by atoms with Crippen LogP contribution in [0.2, 0.25) is 5.02 Å². The highest BCUT2D eigenvalue weighted by Gasteiger charge is 2.28. The molecule has 0 radical (unpaired) electrons. The number of hydrogen-bond donors (Lipinski definition) is 2. The van der Waals surface area contributed by atoms with Crippen LogP contribution in [-0.2, 0) is 27.1 Å². The van der Waals surface area contributed by atoms with Crippen LogP contribution in [0.1, 0.15) is 25.2 Å². The van der Waals surface area contributed by atoms with Crippen molar-refractivity contribution in [2.24, 2.45) is 11.7 Å². The molecule has 2 aromatic carbocycles. The Morgan fingerprint density at radius 3 is 2.47 bits per heavy atom. The van der Waals surface area contributed by atoms with Crippen LogP contribution in [0.15, 0.2) is 48.5 Å². The maximum Gasteiger partial charge on any atom is 0.240 e. The molecule has 36 heavy (non-hydrogen) atoms. The van der Waals surface area contributed by atoms with Gasteiger partial charge in [-0.2, -0.15) is 4.31 Å².